The third-order valence-electron chi connectivity index (χ3n) is 3.23. The normalized spacial score (nSPS) is 19.9. The van der Waals surface area contributed by atoms with Crippen molar-refractivity contribution in [2.45, 2.75) is 18.9 Å². The van der Waals surface area contributed by atoms with Gasteiger partial charge in [-0.05, 0) is 37.6 Å². The van der Waals surface area contributed by atoms with E-state index in [0.717, 1.165) is 25.9 Å². The van der Waals surface area contributed by atoms with E-state index in [-0.39, 0.29) is 17.7 Å². The summed E-state index contributed by atoms with van der Waals surface area (Å²) in [5.41, 5.74) is 0.540. The molecule has 0 aliphatic carbocycles. The Morgan fingerprint density at radius 2 is 2.35 bits per heavy atom. The van der Waals surface area contributed by atoms with Crippen LogP contribution in [-0.4, -0.2) is 42.1 Å². The number of nitrogens with zero attached hydrogens (tertiary/aromatic N) is 1. The zero-order chi connectivity index (χ0) is 12.3. The van der Waals surface area contributed by atoms with Crippen molar-refractivity contribution >= 4 is 5.91 Å². The molecule has 1 atom stereocenters. The van der Waals surface area contributed by atoms with Crippen molar-refractivity contribution < 1.29 is 9.90 Å². The summed E-state index contributed by atoms with van der Waals surface area (Å²) in [6.07, 6.45) is 2.14. The molecule has 0 aromatic heterocycles. The van der Waals surface area contributed by atoms with E-state index in [2.05, 4.69) is 5.32 Å². The Labute approximate surface area is 101 Å². The molecule has 1 fully saturated rings. The second-order valence-electron chi connectivity index (χ2n) is 4.47. The number of amides is 1. The van der Waals surface area contributed by atoms with Gasteiger partial charge in [0, 0.05) is 25.2 Å². The van der Waals surface area contributed by atoms with Crippen molar-refractivity contribution in [1.82, 2.24) is 10.2 Å². The molecule has 1 saturated heterocycles. The van der Waals surface area contributed by atoms with E-state index in [1.54, 1.807) is 23.1 Å². The Balaban J connectivity index is 2.08. The molecule has 4 heteroatoms. The molecule has 1 amide bonds. The molecule has 0 saturated carbocycles. The van der Waals surface area contributed by atoms with Crippen LogP contribution >= 0.6 is 0 Å². The van der Waals surface area contributed by atoms with E-state index >= 15 is 0 Å². The van der Waals surface area contributed by atoms with Gasteiger partial charge in [0.1, 0.15) is 5.75 Å². The molecule has 1 heterocycles. The number of likely N-dealkylation sites (N-methyl/N-ethyl adjacent to an activating group) is 1. The van der Waals surface area contributed by atoms with E-state index in [1.807, 2.05) is 7.05 Å². The van der Waals surface area contributed by atoms with E-state index in [4.69, 9.17) is 0 Å². The molecule has 1 aliphatic heterocycles. The molecule has 0 radical (unpaired) electrons. The van der Waals surface area contributed by atoms with Gasteiger partial charge < -0.3 is 15.3 Å². The summed E-state index contributed by atoms with van der Waals surface area (Å²) in [7, 11) is 1.82. The fourth-order valence-corrected chi connectivity index (χ4v) is 2.17. The molecule has 92 valence electrons. The lowest BCUT2D eigenvalue weighted by Gasteiger charge is -2.31. The zero-order valence-electron chi connectivity index (χ0n) is 10.0. The lowest BCUT2D eigenvalue weighted by atomic mass is 10.1. The van der Waals surface area contributed by atoms with Crippen molar-refractivity contribution in [2.75, 3.05) is 20.1 Å². The molecule has 2 N–H and O–H groups in total. The molecular formula is C13H18N2O2. The number of hydrogen-bond acceptors (Lipinski definition) is 3. The van der Waals surface area contributed by atoms with E-state index in [9.17, 15) is 9.90 Å². The number of phenols is 1. The van der Waals surface area contributed by atoms with E-state index in [1.165, 1.54) is 6.07 Å². The third kappa shape index (κ3) is 2.77. The first-order valence-electron chi connectivity index (χ1n) is 5.95. The van der Waals surface area contributed by atoms with Crippen molar-refractivity contribution in [2.24, 2.45) is 0 Å². The number of rotatable bonds is 2. The largest absolute Gasteiger partial charge is 0.508 e. The smallest absolute Gasteiger partial charge is 0.254 e. The summed E-state index contributed by atoms with van der Waals surface area (Å²) in [4.78, 5) is 13.9. The molecular weight excluding hydrogens is 216 g/mol. The van der Waals surface area contributed by atoms with Crippen LogP contribution in [0.1, 0.15) is 23.2 Å². The summed E-state index contributed by atoms with van der Waals surface area (Å²) in [6, 6.07) is 6.75. The molecule has 1 aromatic rings. The van der Waals surface area contributed by atoms with Crippen LogP contribution in [0.2, 0.25) is 0 Å². The summed E-state index contributed by atoms with van der Waals surface area (Å²) in [5.74, 6) is 0.0978. The molecule has 17 heavy (non-hydrogen) atoms. The average molecular weight is 234 g/mol. The highest BCUT2D eigenvalue weighted by molar-refractivity contribution is 5.94. The highest BCUT2D eigenvalue weighted by Gasteiger charge is 2.22. The molecule has 1 aromatic carbocycles. The van der Waals surface area contributed by atoms with Gasteiger partial charge >= 0.3 is 0 Å². The Kier molecular flexibility index (Phi) is 3.64. The first-order chi connectivity index (χ1) is 8.18. The number of carbonyl (C=O) groups excluding carboxylic acids is 1. The standard InChI is InChI=1S/C13H18N2O2/c1-15(11-5-3-7-14-9-11)13(17)10-4-2-6-12(16)8-10/h2,4,6,8,11,14,16H,3,5,7,9H2,1H3. The predicted molar refractivity (Wildman–Crippen MR) is 66.1 cm³/mol. The molecule has 2 rings (SSSR count). The van der Waals surface area contributed by atoms with Crippen LogP contribution in [0, 0.1) is 0 Å². The van der Waals surface area contributed by atoms with Crippen molar-refractivity contribution in [3.05, 3.63) is 29.8 Å². The van der Waals surface area contributed by atoms with Crippen LogP contribution in [-0.2, 0) is 0 Å². The Bertz CT molecular complexity index is 400. The second-order valence-corrected chi connectivity index (χ2v) is 4.47. The minimum absolute atomic E-state index is 0.0328. The van der Waals surface area contributed by atoms with E-state index in [0.29, 0.717) is 5.56 Å². The van der Waals surface area contributed by atoms with Gasteiger partial charge in [0.25, 0.3) is 5.91 Å². The maximum absolute atomic E-state index is 12.2. The van der Waals surface area contributed by atoms with Crippen LogP contribution in [0.4, 0.5) is 0 Å². The van der Waals surface area contributed by atoms with Gasteiger partial charge in [-0.3, -0.25) is 4.79 Å². The second kappa shape index (κ2) is 5.19. The van der Waals surface area contributed by atoms with Crippen molar-refractivity contribution in [1.29, 1.82) is 0 Å². The zero-order valence-corrected chi connectivity index (χ0v) is 10.0. The lowest BCUT2D eigenvalue weighted by molar-refractivity contribution is 0.0708. The molecule has 0 spiro atoms. The van der Waals surface area contributed by atoms with Gasteiger partial charge in [-0.1, -0.05) is 6.07 Å². The van der Waals surface area contributed by atoms with Crippen LogP contribution in [0.25, 0.3) is 0 Å². The maximum Gasteiger partial charge on any atom is 0.254 e. The number of benzene rings is 1. The summed E-state index contributed by atoms with van der Waals surface area (Å²) in [5, 5.41) is 12.7. The highest BCUT2D eigenvalue weighted by atomic mass is 16.3. The third-order valence-corrected chi connectivity index (χ3v) is 3.23. The summed E-state index contributed by atoms with van der Waals surface area (Å²) < 4.78 is 0. The molecule has 4 nitrogen and oxygen atoms in total. The van der Waals surface area contributed by atoms with Gasteiger partial charge in [0.05, 0.1) is 0 Å². The van der Waals surface area contributed by atoms with Gasteiger partial charge in [-0.25, -0.2) is 0 Å². The van der Waals surface area contributed by atoms with Crippen molar-refractivity contribution in [3.8, 4) is 5.75 Å². The minimum atomic E-state index is -0.0328. The number of nitrogens with one attached hydrogen (secondary N) is 1. The fourth-order valence-electron chi connectivity index (χ4n) is 2.17. The minimum Gasteiger partial charge on any atom is -0.508 e. The summed E-state index contributed by atoms with van der Waals surface area (Å²) >= 11 is 0. The number of piperidine rings is 1. The van der Waals surface area contributed by atoms with Gasteiger partial charge in [0.2, 0.25) is 0 Å². The number of phenolic OH excluding ortho intramolecular Hbond substituents is 1. The fraction of sp³-hybridized carbons (Fsp3) is 0.462. The van der Waals surface area contributed by atoms with E-state index < -0.39 is 0 Å². The highest BCUT2D eigenvalue weighted by Crippen LogP contribution is 2.16. The predicted octanol–water partition coefficient (Wildman–Crippen LogP) is 1.22. The molecule has 1 unspecified atom stereocenters. The Hall–Kier alpha value is -1.55. The molecule has 0 bridgehead atoms. The van der Waals surface area contributed by atoms with Gasteiger partial charge in [0.15, 0.2) is 0 Å². The lowest BCUT2D eigenvalue weighted by Crippen LogP contribution is -2.46. The Morgan fingerprint density at radius 3 is 3.00 bits per heavy atom. The number of aromatic hydroxyl groups is 1. The molecule has 1 aliphatic rings. The first kappa shape index (κ1) is 11.9. The average Bonchev–Trinajstić information content (AvgIpc) is 2.38. The quantitative estimate of drug-likeness (QED) is 0.809. The number of carbonyl (C=O) groups is 1. The first-order valence-corrected chi connectivity index (χ1v) is 5.95. The van der Waals surface area contributed by atoms with Crippen LogP contribution in [0.5, 0.6) is 5.75 Å². The van der Waals surface area contributed by atoms with Gasteiger partial charge in [-0.2, -0.15) is 0 Å². The van der Waals surface area contributed by atoms with Crippen LogP contribution in [0.15, 0.2) is 24.3 Å². The summed E-state index contributed by atoms with van der Waals surface area (Å²) in [6.45, 7) is 1.88. The topological polar surface area (TPSA) is 52.6 Å². The Morgan fingerprint density at radius 1 is 1.53 bits per heavy atom. The van der Waals surface area contributed by atoms with Crippen LogP contribution < -0.4 is 5.32 Å². The maximum atomic E-state index is 12.2. The SMILES string of the molecule is CN(C(=O)c1cccc(O)c1)C1CCCNC1. The monoisotopic (exact) mass is 234 g/mol. The van der Waals surface area contributed by atoms with Gasteiger partial charge in [-0.15, -0.1) is 0 Å². The number of hydrogen-bond donors (Lipinski definition) is 2. The van der Waals surface area contributed by atoms with Crippen LogP contribution in [0.3, 0.4) is 0 Å². The van der Waals surface area contributed by atoms with Crippen molar-refractivity contribution in [3.63, 3.8) is 0 Å².